The van der Waals surface area contributed by atoms with E-state index >= 15 is 0 Å². The molecule has 0 bridgehead atoms. The highest BCUT2D eigenvalue weighted by Crippen LogP contribution is 2.11. The Balaban J connectivity index is 3.68. The van der Waals surface area contributed by atoms with E-state index in [1.165, 1.54) is 25.7 Å². The molecular weight excluding hydrogens is 354 g/mol. The molecule has 0 aromatic rings. The molecule has 0 saturated carbocycles. The number of nitro groups is 1. The van der Waals surface area contributed by atoms with E-state index in [0.717, 1.165) is 25.7 Å². The Labute approximate surface area is 170 Å². The number of nitrogens with zero attached hydrogens (tertiary/aromatic N) is 1. The van der Waals surface area contributed by atoms with Crippen molar-refractivity contribution < 1.29 is 14.8 Å². The van der Waals surface area contributed by atoms with Crippen LogP contribution in [0.15, 0.2) is 48.6 Å². The minimum Gasteiger partial charge on any atom is -0.481 e. The van der Waals surface area contributed by atoms with Gasteiger partial charge in [0.1, 0.15) is 0 Å². The standard InChI is InChI=1S/C23H37NO4/c1-2-3-4-5-6-7-8-9-10-11-12-13-14-15-16-17-18-19-22(24(27)28)20-21-23(25)26/h6-7,9-10,12-13,15-16,22H,2-5,8,11,14,17-21H2,1H3,(H,25,26)/b7-6+,10-9+,13-12+,16-15+. The summed E-state index contributed by atoms with van der Waals surface area (Å²) in [6, 6.07) is -0.748. The van der Waals surface area contributed by atoms with Gasteiger partial charge in [0.05, 0.1) is 6.42 Å². The lowest BCUT2D eigenvalue weighted by atomic mass is 10.0. The summed E-state index contributed by atoms with van der Waals surface area (Å²) in [6.45, 7) is 2.22. The van der Waals surface area contributed by atoms with E-state index in [2.05, 4.69) is 49.5 Å². The number of rotatable bonds is 18. The average molecular weight is 392 g/mol. The second kappa shape index (κ2) is 19.6. The van der Waals surface area contributed by atoms with Gasteiger partial charge >= 0.3 is 5.97 Å². The third-order valence-electron chi connectivity index (χ3n) is 4.36. The second-order valence-electron chi connectivity index (χ2n) is 6.89. The minimum absolute atomic E-state index is 0.108. The topological polar surface area (TPSA) is 80.4 Å². The number of unbranched alkanes of at least 4 members (excludes halogenated alkanes) is 4. The number of hydrogen-bond donors (Lipinski definition) is 1. The summed E-state index contributed by atoms with van der Waals surface area (Å²) in [6.07, 6.45) is 27.0. The Morgan fingerprint density at radius 1 is 0.857 bits per heavy atom. The van der Waals surface area contributed by atoms with Crippen molar-refractivity contribution in [2.24, 2.45) is 0 Å². The summed E-state index contributed by atoms with van der Waals surface area (Å²) >= 11 is 0. The van der Waals surface area contributed by atoms with E-state index < -0.39 is 12.0 Å². The molecule has 0 rings (SSSR count). The van der Waals surface area contributed by atoms with E-state index in [9.17, 15) is 14.9 Å². The molecule has 0 saturated heterocycles. The van der Waals surface area contributed by atoms with Crippen molar-refractivity contribution in [1.29, 1.82) is 0 Å². The molecule has 158 valence electrons. The molecular formula is C23H37NO4. The van der Waals surface area contributed by atoms with Crippen LogP contribution >= 0.6 is 0 Å². The molecule has 5 nitrogen and oxygen atoms in total. The Bertz CT molecular complexity index is 521. The predicted molar refractivity (Wildman–Crippen MR) is 116 cm³/mol. The van der Waals surface area contributed by atoms with Crippen molar-refractivity contribution in [3.63, 3.8) is 0 Å². The van der Waals surface area contributed by atoms with E-state index in [0.29, 0.717) is 12.8 Å². The monoisotopic (exact) mass is 391 g/mol. The first-order valence-corrected chi connectivity index (χ1v) is 10.5. The molecule has 0 amide bonds. The maximum atomic E-state index is 10.9. The summed E-state index contributed by atoms with van der Waals surface area (Å²) in [4.78, 5) is 21.0. The molecule has 1 unspecified atom stereocenters. The van der Waals surface area contributed by atoms with Crippen LogP contribution < -0.4 is 0 Å². The first kappa shape index (κ1) is 25.8. The first-order chi connectivity index (χ1) is 13.6. The van der Waals surface area contributed by atoms with Crippen LogP contribution in [0.2, 0.25) is 0 Å². The number of carboxylic acid groups (broad SMARTS) is 1. The van der Waals surface area contributed by atoms with Crippen molar-refractivity contribution in [2.45, 2.75) is 90.0 Å². The second-order valence-corrected chi connectivity index (χ2v) is 6.89. The lowest BCUT2D eigenvalue weighted by Gasteiger charge is -2.06. The van der Waals surface area contributed by atoms with Crippen LogP contribution in [0.25, 0.3) is 0 Å². The molecule has 0 aliphatic rings. The van der Waals surface area contributed by atoms with E-state index in [1.54, 1.807) is 0 Å². The van der Waals surface area contributed by atoms with Gasteiger partial charge in [0.15, 0.2) is 0 Å². The largest absolute Gasteiger partial charge is 0.481 e. The SMILES string of the molecule is CCCCC/C=C/C/C=C/C/C=C/C/C=C/CCCC(CCC(=O)O)[N+](=O)[O-]. The van der Waals surface area contributed by atoms with Gasteiger partial charge in [-0.2, -0.15) is 0 Å². The number of carboxylic acids is 1. The van der Waals surface area contributed by atoms with E-state index in [4.69, 9.17) is 5.11 Å². The molecule has 0 aliphatic carbocycles. The van der Waals surface area contributed by atoms with Gasteiger partial charge in [-0.15, -0.1) is 0 Å². The molecule has 0 radical (unpaired) electrons. The highest BCUT2D eigenvalue weighted by Gasteiger charge is 2.20. The zero-order chi connectivity index (χ0) is 20.9. The third kappa shape index (κ3) is 18.6. The zero-order valence-electron chi connectivity index (χ0n) is 17.3. The van der Waals surface area contributed by atoms with Gasteiger partial charge < -0.3 is 5.11 Å². The Morgan fingerprint density at radius 2 is 1.36 bits per heavy atom. The smallest absolute Gasteiger partial charge is 0.303 e. The van der Waals surface area contributed by atoms with E-state index in [1.807, 2.05) is 6.08 Å². The predicted octanol–water partition coefficient (Wildman–Crippen LogP) is 6.64. The van der Waals surface area contributed by atoms with Crippen LogP contribution in [0.4, 0.5) is 0 Å². The van der Waals surface area contributed by atoms with Crippen molar-refractivity contribution in [2.75, 3.05) is 0 Å². The number of hydrogen-bond acceptors (Lipinski definition) is 3. The number of allylic oxidation sites excluding steroid dienone is 8. The van der Waals surface area contributed by atoms with Gasteiger partial charge in [-0.3, -0.25) is 14.9 Å². The molecule has 0 fully saturated rings. The Kier molecular flexibility index (Phi) is 18.1. The molecule has 1 N–H and O–H groups in total. The van der Waals surface area contributed by atoms with Gasteiger partial charge in [0.2, 0.25) is 6.04 Å². The number of carbonyl (C=O) groups is 1. The van der Waals surface area contributed by atoms with Crippen molar-refractivity contribution >= 4 is 5.97 Å². The molecule has 5 heteroatoms. The fourth-order valence-electron chi connectivity index (χ4n) is 2.68. The van der Waals surface area contributed by atoms with Crippen molar-refractivity contribution in [3.8, 4) is 0 Å². The quantitative estimate of drug-likeness (QED) is 0.123. The molecule has 0 aromatic carbocycles. The molecule has 0 spiro atoms. The lowest BCUT2D eigenvalue weighted by Crippen LogP contribution is -2.20. The van der Waals surface area contributed by atoms with Gasteiger partial charge in [-0.25, -0.2) is 0 Å². The zero-order valence-corrected chi connectivity index (χ0v) is 17.3. The third-order valence-corrected chi connectivity index (χ3v) is 4.36. The summed E-state index contributed by atoms with van der Waals surface area (Å²) in [5.74, 6) is -0.979. The first-order valence-electron chi connectivity index (χ1n) is 10.5. The lowest BCUT2D eigenvalue weighted by molar-refractivity contribution is -0.524. The van der Waals surface area contributed by atoms with Crippen LogP contribution in [0.3, 0.4) is 0 Å². The molecule has 0 heterocycles. The van der Waals surface area contributed by atoms with Gasteiger partial charge in [0.25, 0.3) is 0 Å². The van der Waals surface area contributed by atoms with Gasteiger partial charge in [-0.1, -0.05) is 68.4 Å². The maximum absolute atomic E-state index is 10.9. The average Bonchev–Trinajstić information content (AvgIpc) is 2.66. The Hall–Kier alpha value is -2.17. The fraction of sp³-hybridized carbons (Fsp3) is 0.609. The fourth-order valence-corrected chi connectivity index (χ4v) is 2.68. The van der Waals surface area contributed by atoms with Crippen LogP contribution in [0, 0.1) is 10.1 Å². The summed E-state index contributed by atoms with van der Waals surface area (Å²) in [5, 5.41) is 19.5. The minimum atomic E-state index is -0.979. The highest BCUT2D eigenvalue weighted by molar-refractivity contribution is 5.66. The molecule has 0 aromatic heterocycles. The summed E-state index contributed by atoms with van der Waals surface area (Å²) < 4.78 is 0. The van der Waals surface area contributed by atoms with Gasteiger partial charge in [0, 0.05) is 17.8 Å². The van der Waals surface area contributed by atoms with E-state index in [-0.39, 0.29) is 17.8 Å². The maximum Gasteiger partial charge on any atom is 0.303 e. The molecule has 0 aliphatic heterocycles. The van der Waals surface area contributed by atoms with Crippen molar-refractivity contribution in [3.05, 3.63) is 58.7 Å². The van der Waals surface area contributed by atoms with Gasteiger partial charge in [-0.05, 0) is 44.9 Å². The van der Waals surface area contributed by atoms with Crippen LogP contribution in [-0.2, 0) is 4.79 Å². The van der Waals surface area contributed by atoms with Crippen LogP contribution in [0.5, 0.6) is 0 Å². The molecule has 28 heavy (non-hydrogen) atoms. The van der Waals surface area contributed by atoms with Crippen LogP contribution in [-0.4, -0.2) is 22.0 Å². The van der Waals surface area contributed by atoms with Crippen molar-refractivity contribution in [1.82, 2.24) is 0 Å². The highest BCUT2D eigenvalue weighted by atomic mass is 16.6. The summed E-state index contributed by atoms with van der Waals surface area (Å²) in [7, 11) is 0. The normalized spacial score (nSPS) is 13.3. The molecule has 1 atom stereocenters. The van der Waals surface area contributed by atoms with Crippen LogP contribution in [0.1, 0.15) is 84.0 Å². The Morgan fingerprint density at radius 3 is 1.82 bits per heavy atom. The number of aliphatic carboxylic acids is 1. The summed E-state index contributed by atoms with van der Waals surface area (Å²) in [5.41, 5.74) is 0.